The fourth-order valence-corrected chi connectivity index (χ4v) is 3.57. The topological polar surface area (TPSA) is 46.1 Å². The lowest BCUT2D eigenvalue weighted by Crippen LogP contribution is -2.39. The van der Waals surface area contributed by atoms with Crippen molar-refractivity contribution in [2.24, 2.45) is 0 Å². The summed E-state index contributed by atoms with van der Waals surface area (Å²) in [6.07, 6.45) is 2.07. The maximum absolute atomic E-state index is 12.5. The summed E-state index contributed by atoms with van der Waals surface area (Å²) >= 11 is 7.50. The Morgan fingerprint density at radius 3 is 2.76 bits per heavy atom. The number of amides is 1. The SMILES string of the molecule is Cc1nnc([C@@H]2CCCN(C(=O)c3ccc(Cl)cc3)C2)s1. The Morgan fingerprint density at radius 2 is 2.10 bits per heavy atom. The van der Waals surface area contributed by atoms with Crippen LogP contribution in [0.15, 0.2) is 24.3 Å². The van der Waals surface area contributed by atoms with E-state index in [1.807, 2.05) is 11.8 Å². The number of likely N-dealkylation sites (tertiary alicyclic amines) is 1. The summed E-state index contributed by atoms with van der Waals surface area (Å²) in [5.74, 6) is 0.374. The Bertz CT molecular complexity index is 641. The summed E-state index contributed by atoms with van der Waals surface area (Å²) < 4.78 is 0. The molecule has 110 valence electrons. The Morgan fingerprint density at radius 1 is 1.33 bits per heavy atom. The van der Waals surface area contributed by atoms with Crippen molar-refractivity contribution in [1.29, 1.82) is 0 Å². The fourth-order valence-electron chi connectivity index (χ4n) is 2.62. The second-order valence-electron chi connectivity index (χ2n) is 5.26. The van der Waals surface area contributed by atoms with E-state index in [-0.39, 0.29) is 5.91 Å². The van der Waals surface area contributed by atoms with E-state index in [0.29, 0.717) is 16.5 Å². The van der Waals surface area contributed by atoms with Crippen LogP contribution in [0.25, 0.3) is 0 Å². The molecule has 1 amide bonds. The molecule has 2 heterocycles. The average molecular weight is 322 g/mol. The smallest absolute Gasteiger partial charge is 0.253 e. The van der Waals surface area contributed by atoms with Gasteiger partial charge in [0.2, 0.25) is 0 Å². The predicted molar refractivity (Wildman–Crippen MR) is 84.0 cm³/mol. The second kappa shape index (κ2) is 6.12. The number of aryl methyl sites for hydroxylation is 1. The van der Waals surface area contributed by atoms with Crippen LogP contribution in [-0.2, 0) is 0 Å². The number of hydrogen-bond acceptors (Lipinski definition) is 4. The molecule has 21 heavy (non-hydrogen) atoms. The summed E-state index contributed by atoms with van der Waals surface area (Å²) in [6.45, 7) is 3.48. The van der Waals surface area contributed by atoms with E-state index in [2.05, 4.69) is 10.2 Å². The zero-order chi connectivity index (χ0) is 14.8. The fraction of sp³-hybridized carbons (Fsp3) is 0.400. The Labute approximate surface area is 132 Å². The Kier molecular flexibility index (Phi) is 4.22. The van der Waals surface area contributed by atoms with Crippen molar-refractivity contribution in [1.82, 2.24) is 15.1 Å². The third-order valence-electron chi connectivity index (χ3n) is 3.69. The lowest BCUT2D eigenvalue weighted by atomic mass is 9.98. The van der Waals surface area contributed by atoms with E-state index in [9.17, 15) is 4.79 Å². The second-order valence-corrected chi connectivity index (χ2v) is 6.91. The molecule has 3 rings (SSSR count). The Balaban J connectivity index is 1.73. The van der Waals surface area contributed by atoms with Gasteiger partial charge in [-0.3, -0.25) is 4.79 Å². The first-order chi connectivity index (χ1) is 10.1. The average Bonchev–Trinajstić information content (AvgIpc) is 2.94. The number of aromatic nitrogens is 2. The van der Waals surface area contributed by atoms with E-state index in [1.165, 1.54) is 0 Å². The van der Waals surface area contributed by atoms with Crippen molar-refractivity contribution in [2.45, 2.75) is 25.7 Å². The van der Waals surface area contributed by atoms with Crippen molar-refractivity contribution < 1.29 is 4.79 Å². The third-order valence-corrected chi connectivity index (χ3v) is 4.94. The molecule has 1 aliphatic rings. The highest BCUT2D eigenvalue weighted by Crippen LogP contribution is 2.29. The minimum absolute atomic E-state index is 0.0672. The number of benzene rings is 1. The quantitative estimate of drug-likeness (QED) is 0.850. The highest BCUT2D eigenvalue weighted by Gasteiger charge is 2.27. The number of hydrogen-bond donors (Lipinski definition) is 0. The first-order valence-electron chi connectivity index (χ1n) is 6.98. The van der Waals surface area contributed by atoms with Crippen LogP contribution < -0.4 is 0 Å². The molecule has 0 unspecified atom stereocenters. The molecule has 0 spiro atoms. The van der Waals surface area contributed by atoms with Crippen LogP contribution in [0.2, 0.25) is 5.02 Å². The number of nitrogens with zero attached hydrogens (tertiary/aromatic N) is 3. The monoisotopic (exact) mass is 321 g/mol. The van der Waals surface area contributed by atoms with Crippen molar-refractivity contribution in [2.75, 3.05) is 13.1 Å². The molecule has 6 heteroatoms. The van der Waals surface area contributed by atoms with Crippen LogP contribution in [0.4, 0.5) is 0 Å². The number of halogens is 1. The number of carbonyl (C=O) groups excluding carboxylic acids is 1. The van der Waals surface area contributed by atoms with Crippen LogP contribution >= 0.6 is 22.9 Å². The van der Waals surface area contributed by atoms with Crippen molar-refractivity contribution in [3.8, 4) is 0 Å². The lowest BCUT2D eigenvalue weighted by molar-refractivity contribution is 0.0707. The van der Waals surface area contributed by atoms with Gasteiger partial charge < -0.3 is 4.90 Å². The van der Waals surface area contributed by atoms with Gasteiger partial charge in [0.25, 0.3) is 5.91 Å². The van der Waals surface area contributed by atoms with Crippen molar-refractivity contribution >= 4 is 28.8 Å². The molecule has 0 radical (unpaired) electrons. The molecule has 0 aliphatic carbocycles. The normalized spacial score (nSPS) is 18.8. The number of rotatable bonds is 2. The van der Waals surface area contributed by atoms with Crippen LogP contribution in [0.3, 0.4) is 0 Å². The van der Waals surface area contributed by atoms with Gasteiger partial charge in [0.15, 0.2) is 0 Å². The molecule has 1 aliphatic heterocycles. The first kappa shape index (κ1) is 14.5. The lowest BCUT2D eigenvalue weighted by Gasteiger charge is -2.31. The minimum Gasteiger partial charge on any atom is -0.338 e. The van der Waals surface area contributed by atoms with Crippen molar-refractivity contribution in [3.63, 3.8) is 0 Å². The summed E-state index contributed by atoms with van der Waals surface area (Å²) in [4.78, 5) is 14.5. The van der Waals surface area contributed by atoms with Gasteiger partial charge in [-0.25, -0.2) is 0 Å². The van der Waals surface area contributed by atoms with Crippen LogP contribution in [0.1, 0.15) is 39.1 Å². The molecular weight excluding hydrogens is 306 g/mol. The molecular formula is C15H16ClN3OS. The van der Waals surface area contributed by atoms with E-state index >= 15 is 0 Å². The van der Waals surface area contributed by atoms with Crippen LogP contribution in [0, 0.1) is 6.92 Å². The van der Waals surface area contributed by atoms with Gasteiger partial charge in [0.05, 0.1) is 0 Å². The highest BCUT2D eigenvalue weighted by atomic mass is 35.5. The van der Waals surface area contributed by atoms with Gasteiger partial charge >= 0.3 is 0 Å². The van der Waals surface area contributed by atoms with E-state index in [0.717, 1.165) is 35.9 Å². The highest BCUT2D eigenvalue weighted by molar-refractivity contribution is 7.11. The zero-order valence-electron chi connectivity index (χ0n) is 11.8. The minimum atomic E-state index is 0.0672. The standard InChI is InChI=1S/C15H16ClN3OS/c1-10-17-18-14(21-10)12-3-2-8-19(9-12)15(20)11-4-6-13(16)7-5-11/h4-7,12H,2-3,8-9H2,1H3/t12-/m1/s1. The molecule has 0 N–H and O–H groups in total. The van der Waals surface area contributed by atoms with Gasteiger partial charge in [-0.05, 0) is 44.0 Å². The van der Waals surface area contributed by atoms with Crippen LogP contribution in [-0.4, -0.2) is 34.1 Å². The van der Waals surface area contributed by atoms with Crippen molar-refractivity contribution in [3.05, 3.63) is 44.9 Å². The maximum Gasteiger partial charge on any atom is 0.253 e. The molecule has 1 aromatic heterocycles. The van der Waals surface area contributed by atoms with Gasteiger partial charge in [0.1, 0.15) is 10.0 Å². The molecule has 1 fully saturated rings. The summed E-state index contributed by atoms with van der Waals surface area (Å²) in [5, 5.41) is 11.0. The third kappa shape index (κ3) is 3.24. The van der Waals surface area contributed by atoms with Gasteiger partial charge in [0, 0.05) is 29.6 Å². The Hall–Kier alpha value is -1.46. The maximum atomic E-state index is 12.5. The summed E-state index contributed by atoms with van der Waals surface area (Å²) in [7, 11) is 0. The largest absolute Gasteiger partial charge is 0.338 e. The van der Waals surface area contributed by atoms with E-state index in [1.54, 1.807) is 35.6 Å². The summed E-state index contributed by atoms with van der Waals surface area (Å²) in [6, 6.07) is 7.07. The number of piperidine rings is 1. The summed E-state index contributed by atoms with van der Waals surface area (Å²) in [5.41, 5.74) is 0.688. The molecule has 1 atom stereocenters. The first-order valence-corrected chi connectivity index (χ1v) is 8.18. The molecule has 1 aromatic carbocycles. The van der Waals surface area contributed by atoms with Crippen LogP contribution in [0.5, 0.6) is 0 Å². The molecule has 4 nitrogen and oxygen atoms in total. The zero-order valence-corrected chi connectivity index (χ0v) is 13.3. The number of carbonyl (C=O) groups is 1. The van der Waals surface area contributed by atoms with Gasteiger partial charge in [-0.1, -0.05) is 11.6 Å². The molecule has 1 saturated heterocycles. The van der Waals surface area contributed by atoms with Gasteiger partial charge in [-0.2, -0.15) is 0 Å². The van der Waals surface area contributed by atoms with E-state index < -0.39 is 0 Å². The molecule has 0 bridgehead atoms. The molecule has 2 aromatic rings. The van der Waals surface area contributed by atoms with Gasteiger partial charge in [-0.15, -0.1) is 21.5 Å². The van der Waals surface area contributed by atoms with E-state index in [4.69, 9.17) is 11.6 Å². The molecule has 0 saturated carbocycles. The predicted octanol–water partition coefficient (Wildman–Crippen LogP) is 3.52.